The Morgan fingerprint density at radius 1 is 1.35 bits per heavy atom. The van der Waals surface area contributed by atoms with E-state index in [4.69, 9.17) is 5.11 Å². The van der Waals surface area contributed by atoms with E-state index in [1.54, 1.807) is 0 Å². The summed E-state index contributed by atoms with van der Waals surface area (Å²) < 4.78 is 13.7. The normalized spacial score (nSPS) is 22.5. The van der Waals surface area contributed by atoms with E-state index >= 15 is 0 Å². The van der Waals surface area contributed by atoms with Gasteiger partial charge in [-0.15, -0.1) is 0 Å². The van der Waals surface area contributed by atoms with Crippen molar-refractivity contribution in [2.75, 3.05) is 11.9 Å². The fourth-order valence-electron chi connectivity index (χ4n) is 2.82. The van der Waals surface area contributed by atoms with E-state index < -0.39 is 11.8 Å². The molecule has 2 rings (SSSR count). The molecule has 1 aliphatic rings. The Morgan fingerprint density at radius 2 is 2.05 bits per heavy atom. The Balaban J connectivity index is 1.81. The molecule has 0 radical (unpaired) electrons. The van der Waals surface area contributed by atoms with Gasteiger partial charge in [-0.2, -0.15) is 0 Å². The molecule has 0 aliphatic heterocycles. The van der Waals surface area contributed by atoms with Crippen LogP contribution in [0.1, 0.15) is 49.4 Å². The van der Waals surface area contributed by atoms with Crippen LogP contribution in [0.25, 0.3) is 0 Å². The van der Waals surface area contributed by atoms with E-state index in [9.17, 15) is 9.18 Å². The molecule has 3 nitrogen and oxygen atoms in total. The summed E-state index contributed by atoms with van der Waals surface area (Å²) in [5.41, 5.74) is 0.369. The highest BCUT2D eigenvalue weighted by Gasteiger charge is 2.17. The minimum atomic E-state index is -1.10. The maximum absolute atomic E-state index is 13.7. The summed E-state index contributed by atoms with van der Waals surface area (Å²) in [4.78, 5) is 10.7. The molecule has 2 N–H and O–H groups in total. The average Bonchev–Trinajstić information content (AvgIpc) is 2.42. The highest BCUT2D eigenvalue weighted by Crippen LogP contribution is 2.30. The lowest BCUT2D eigenvalue weighted by Gasteiger charge is -2.26. The van der Waals surface area contributed by atoms with Crippen LogP contribution in [0.4, 0.5) is 10.1 Å². The van der Waals surface area contributed by atoms with Gasteiger partial charge < -0.3 is 10.4 Å². The summed E-state index contributed by atoms with van der Waals surface area (Å²) in [6, 6.07) is 3.99. The summed E-state index contributed by atoms with van der Waals surface area (Å²) in [7, 11) is 0. The van der Waals surface area contributed by atoms with Crippen LogP contribution in [0.3, 0.4) is 0 Å². The summed E-state index contributed by atoms with van der Waals surface area (Å²) in [6.07, 6.45) is 6.18. The van der Waals surface area contributed by atoms with Gasteiger partial charge in [-0.25, -0.2) is 9.18 Å². The predicted molar refractivity (Wildman–Crippen MR) is 77.6 cm³/mol. The molecule has 0 bridgehead atoms. The summed E-state index contributed by atoms with van der Waals surface area (Å²) in [5, 5.41) is 11.9. The van der Waals surface area contributed by atoms with Crippen molar-refractivity contribution in [3.05, 3.63) is 29.6 Å². The van der Waals surface area contributed by atoms with Crippen LogP contribution >= 0.6 is 0 Å². The van der Waals surface area contributed by atoms with Gasteiger partial charge in [0, 0.05) is 6.54 Å². The van der Waals surface area contributed by atoms with Crippen molar-refractivity contribution in [1.82, 2.24) is 0 Å². The number of halogens is 1. The van der Waals surface area contributed by atoms with Crippen molar-refractivity contribution >= 4 is 11.7 Å². The van der Waals surface area contributed by atoms with Crippen molar-refractivity contribution in [1.29, 1.82) is 0 Å². The largest absolute Gasteiger partial charge is 0.478 e. The second kappa shape index (κ2) is 6.73. The highest BCUT2D eigenvalue weighted by molar-refractivity contribution is 5.88. The third kappa shape index (κ3) is 3.95. The van der Waals surface area contributed by atoms with Crippen LogP contribution in [0.15, 0.2) is 18.2 Å². The highest BCUT2D eigenvalue weighted by atomic mass is 19.1. The van der Waals surface area contributed by atoms with Crippen molar-refractivity contribution in [2.45, 2.75) is 39.0 Å². The average molecular weight is 279 g/mol. The Morgan fingerprint density at radius 3 is 2.65 bits per heavy atom. The van der Waals surface area contributed by atoms with Crippen LogP contribution < -0.4 is 5.32 Å². The lowest BCUT2D eigenvalue weighted by molar-refractivity contribution is 0.0696. The maximum atomic E-state index is 13.7. The van der Waals surface area contributed by atoms with Crippen molar-refractivity contribution in [3.63, 3.8) is 0 Å². The second-order valence-electron chi connectivity index (χ2n) is 5.84. The second-order valence-corrected chi connectivity index (χ2v) is 5.84. The predicted octanol–water partition coefficient (Wildman–Crippen LogP) is 4.15. The molecule has 1 aromatic rings. The minimum Gasteiger partial charge on any atom is -0.478 e. The Bertz CT molecular complexity index is 468. The molecule has 0 saturated heterocycles. The molecule has 4 heteroatoms. The number of carboxylic acid groups (broad SMARTS) is 1. The molecule has 0 spiro atoms. The molecule has 110 valence electrons. The molecule has 0 aromatic heterocycles. The van der Waals surface area contributed by atoms with Gasteiger partial charge in [0.05, 0.1) is 11.3 Å². The van der Waals surface area contributed by atoms with Crippen LogP contribution in [-0.2, 0) is 0 Å². The standard InChI is InChI=1S/C16H22FNO2/c1-11-2-4-12(5-3-11)8-9-18-15-7-6-13(16(19)20)10-14(15)17/h6-7,10-12,18H,2-5,8-9H2,1H3,(H,19,20). The third-order valence-corrected chi connectivity index (χ3v) is 4.22. The van der Waals surface area contributed by atoms with E-state index in [2.05, 4.69) is 12.2 Å². The van der Waals surface area contributed by atoms with Crippen LogP contribution in [-0.4, -0.2) is 17.6 Å². The number of carbonyl (C=O) groups is 1. The molecule has 0 heterocycles. The molecule has 1 saturated carbocycles. The lowest BCUT2D eigenvalue weighted by atomic mass is 9.81. The molecule has 1 aromatic carbocycles. The number of hydrogen-bond acceptors (Lipinski definition) is 2. The van der Waals surface area contributed by atoms with E-state index in [-0.39, 0.29) is 5.56 Å². The number of hydrogen-bond donors (Lipinski definition) is 2. The van der Waals surface area contributed by atoms with E-state index in [0.29, 0.717) is 5.69 Å². The van der Waals surface area contributed by atoms with Gasteiger partial charge in [0.15, 0.2) is 0 Å². The zero-order chi connectivity index (χ0) is 14.5. The SMILES string of the molecule is CC1CCC(CCNc2ccc(C(=O)O)cc2F)CC1. The molecule has 1 aliphatic carbocycles. The number of aromatic carboxylic acids is 1. The molecule has 0 amide bonds. The minimum absolute atomic E-state index is 0.0191. The number of rotatable bonds is 5. The first-order valence-electron chi connectivity index (χ1n) is 7.33. The van der Waals surface area contributed by atoms with Gasteiger partial charge in [0.1, 0.15) is 5.82 Å². The van der Waals surface area contributed by atoms with Gasteiger partial charge in [0.2, 0.25) is 0 Å². The van der Waals surface area contributed by atoms with E-state index in [1.165, 1.54) is 37.8 Å². The van der Waals surface area contributed by atoms with Gasteiger partial charge >= 0.3 is 5.97 Å². The first kappa shape index (κ1) is 14.8. The molecular formula is C16H22FNO2. The first-order valence-corrected chi connectivity index (χ1v) is 7.33. The van der Waals surface area contributed by atoms with Crippen molar-refractivity contribution in [3.8, 4) is 0 Å². The Kier molecular flexibility index (Phi) is 4.99. The fraction of sp³-hybridized carbons (Fsp3) is 0.562. The molecule has 1 fully saturated rings. The fourth-order valence-corrected chi connectivity index (χ4v) is 2.82. The molecule has 0 atom stereocenters. The summed E-state index contributed by atoms with van der Waals surface area (Å²) in [6.45, 7) is 3.04. The molecular weight excluding hydrogens is 257 g/mol. The third-order valence-electron chi connectivity index (χ3n) is 4.22. The van der Waals surface area contributed by atoms with E-state index in [1.807, 2.05) is 0 Å². The quantitative estimate of drug-likeness (QED) is 0.851. The Labute approximate surface area is 119 Å². The van der Waals surface area contributed by atoms with Gasteiger partial charge in [-0.3, -0.25) is 0 Å². The molecule has 20 heavy (non-hydrogen) atoms. The summed E-state index contributed by atoms with van der Waals surface area (Å²) >= 11 is 0. The lowest BCUT2D eigenvalue weighted by Crippen LogP contribution is -2.16. The van der Waals surface area contributed by atoms with E-state index in [0.717, 1.165) is 30.9 Å². The molecule has 0 unspecified atom stereocenters. The van der Waals surface area contributed by atoms with Crippen molar-refractivity contribution < 1.29 is 14.3 Å². The van der Waals surface area contributed by atoms with Gasteiger partial charge in [-0.05, 0) is 36.5 Å². The van der Waals surface area contributed by atoms with Crippen LogP contribution in [0.5, 0.6) is 0 Å². The van der Waals surface area contributed by atoms with Gasteiger partial charge in [-0.1, -0.05) is 32.6 Å². The monoisotopic (exact) mass is 279 g/mol. The number of benzene rings is 1. The maximum Gasteiger partial charge on any atom is 0.335 e. The first-order chi connectivity index (χ1) is 9.56. The summed E-state index contributed by atoms with van der Waals surface area (Å²) in [5.74, 6) is -0.0192. The van der Waals surface area contributed by atoms with Gasteiger partial charge in [0.25, 0.3) is 0 Å². The number of carboxylic acids is 1. The zero-order valence-corrected chi connectivity index (χ0v) is 11.9. The topological polar surface area (TPSA) is 49.3 Å². The van der Waals surface area contributed by atoms with Crippen molar-refractivity contribution in [2.24, 2.45) is 11.8 Å². The van der Waals surface area contributed by atoms with Crippen LogP contribution in [0, 0.1) is 17.7 Å². The zero-order valence-electron chi connectivity index (χ0n) is 11.9. The smallest absolute Gasteiger partial charge is 0.335 e. The van der Waals surface area contributed by atoms with Crippen LogP contribution in [0.2, 0.25) is 0 Å². The number of anilines is 1. The Hall–Kier alpha value is -1.58. The number of nitrogens with one attached hydrogen (secondary N) is 1.